The summed E-state index contributed by atoms with van der Waals surface area (Å²) >= 11 is 0. The molecule has 0 aliphatic carbocycles. The van der Waals surface area contributed by atoms with Gasteiger partial charge < -0.3 is 11.5 Å². The minimum atomic E-state index is -0.573. The van der Waals surface area contributed by atoms with E-state index in [2.05, 4.69) is 11.1 Å². The molecule has 122 valence electrons. The van der Waals surface area contributed by atoms with Crippen molar-refractivity contribution in [1.29, 1.82) is 5.26 Å². The Kier molecular flexibility index (Phi) is 4.14. The highest BCUT2D eigenvalue weighted by Gasteiger charge is 2.12. The number of hydrogen-bond donors (Lipinski definition) is 2. The fraction of sp³-hybridized carbons (Fsp3) is 0. The molecule has 0 radical (unpaired) electrons. The first-order valence-electron chi connectivity index (χ1n) is 7.36. The van der Waals surface area contributed by atoms with Crippen LogP contribution in [0.2, 0.25) is 0 Å². The van der Waals surface area contributed by atoms with Crippen molar-refractivity contribution in [3.8, 4) is 17.2 Å². The van der Waals surface area contributed by atoms with Gasteiger partial charge >= 0.3 is 0 Å². The number of carbonyl (C=O) groups is 1. The summed E-state index contributed by atoms with van der Waals surface area (Å²) in [6, 6.07) is 16.5. The molecule has 0 heterocycles. The van der Waals surface area contributed by atoms with Crippen LogP contribution in [0, 0.1) is 17.1 Å². The van der Waals surface area contributed by atoms with Gasteiger partial charge in [0.15, 0.2) is 5.96 Å². The second-order valence-electron chi connectivity index (χ2n) is 5.39. The van der Waals surface area contributed by atoms with E-state index >= 15 is 0 Å². The molecular formula is C19H13FN4O. The highest BCUT2D eigenvalue weighted by Crippen LogP contribution is 2.32. The highest BCUT2D eigenvalue weighted by atomic mass is 19.1. The molecule has 0 bridgehead atoms. The van der Waals surface area contributed by atoms with E-state index in [0.29, 0.717) is 27.6 Å². The summed E-state index contributed by atoms with van der Waals surface area (Å²) in [7, 11) is 0. The van der Waals surface area contributed by atoms with Crippen LogP contribution in [0.4, 0.5) is 4.39 Å². The Morgan fingerprint density at radius 1 is 1.04 bits per heavy atom. The van der Waals surface area contributed by atoms with Crippen molar-refractivity contribution < 1.29 is 9.18 Å². The molecule has 0 aromatic heterocycles. The maximum absolute atomic E-state index is 13.7. The number of carbonyl (C=O) groups excluding carboxylic acids is 1. The number of benzene rings is 3. The van der Waals surface area contributed by atoms with Crippen LogP contribution in [-0.4, -0.2) is 11.9 Å². The average molecular weight is 332 g/mol. The van der Waals surface area contributed by atoms with E-state index in [9.17, 15) is 14.4 Å². The van der Waals surface area contributed by atoms with Crippen LogP contribution >= 0.6 is 0 Å². The molecule has 0 unspecified atom stereocenters. The Labute approximate surface area is 143 Å². The molecule has 1 amide bonds. The Morgan fingerprint density at radius 3 is 2.56 bits per heavy atom. The van der Waals surface area contributed by atoms with Crippen LogP contribution in [0.5, 0.6) is 0 Å². The number of amides is 1. The molecular weight excluding hydrogens is 319 g/mol. The van der Waals surface area contributed by atoms with Gasteiger partial charge in [-0.1, -0.05) is 24.3 Å². The van der Waals surface area contributed by atoms with E-state index in [1.807, 2.05) is 6.07 Å². The van der Waals surface area contributed by atoms with Gasteiger partial charge in [0.2, 0.25) is 0 Å². The first kappa shape index (κ1) is 16.1. The predicted octanol–water partition coefficient (Wildman–Crippen LogP) is 2.93. The zero-order valence-electron chi connectivity index (χ0n) is 13.0. The van der Waals surface area contributed by atoms with Gasteiger partial charge in [0.05, 0.1) is 11.6 Å². The molecule has 0 spiro atoms. The molecule has 0 fully saturated rings. The van der Waals surface area contributed by atoms with Crippen LogP contribution < -0.4 is 11.5 Å². The van der Waals surface area contributed by atoms with E-state index in [0.717, 1.165) is 5.39 Å². The summed E-state index contributed by atoms with van der Waals surface area (Å²) in [5, 5.41) is 10.8. The molecule has 0 aliphatic rings. The normalized spacial score (nSPS) is 10.2. The summed E-state index contributed by atoms with van der Waals surface area (Å²) in [5.74, 6) is -1.34. The fourth-order valence-electron chi connectivity index (χ4n) is 2.66. The van der Waals surface area contributed by atoms with E-state index in [4.69, 9.17) is 11.5 Å². The largest absolute Gasteiger partial charge is 0.370 e. The third kappa shape index (κ3) is 3.16. The lowest BCUT2D eigenvalue weighted by Gasteiger charge is -2.10. The van der Waals surface area contributed by atoms with Crippen molar-refractivity contribution in [3.05, 3.63) is 71.5 Å². The summed E-state index contributed by atoms with van der Waals surface area (Å²) in [6.07, 6.45) is 0. The molecule has 0 saturated heterocycles. The van der Waals surface area contributed by atoms with Gasteiger partial charge in [0.1, 0.15) is 5.82 Å². The van der Waals surface area contributed by atoms with Crippen LogP contribution in [0.1, 0.15) is 15.9 Å². The molecule has 5 nitrogen and oxygen atoms in total. The molecule has 0 aliphatic heterocycles. The minimum absolute atomic E-state index is 0.295. The van der Waals surface area contributed by atoms with Gasteiger partial charge in [-0.25, -0.2) is 4.39 Å². The van der Waals surface area contributed by atoms with Gasteiger partial charge in [-0.2, -0.15) is 10.3 Å². The van der Waals surface area contributed by atoms with Gasteiger partial charge in [0, 0.05) is 11.1 Å². The summed E-state index contributed by atoms with van der Waals surface area (Å²) < 4.78 is 13.7. The molecule has 4 N–H and O–H groups in total. The van der Waals surface area contributed by atoms with Gasteiger partial charge in [0.25, 0.3) is 5.91 Å². The van der Waals surface area contributed by atoms with Crippen molar-refractivity contribution >= 4 is 22.6 Å². The maximum Gasteiger partial charge on any atom is 0.280 e. The minimum Gasteiger partial charge on any atom is -0.370 e. The van der Waals surface area contributed by atoms with Crippen LogP contribution in [0.25, 0.3) is 21.9 Å². The zero-order chi connectivity index (χ0) is 18.0. The Morgan fingerprint density at radius 2 is 1.84 bits per heavy atom. The number of aliphatic imine (C=N–C) groups is 1. The number of nitrogens with two attached hydrogens (primary N) is 2. The monoisotopic (exact) mass is 332 g/mol. The third-order valence-corrected chi connectivity index (χ3v) is 3.75. The van der Waals surface area contributed by atoms with Crippen molar-refractivity contribution in [2.45, 2.75) is 0 Å². The maximum atomic E-state index is 13.7. The van der Waals surface area contributed by atoms with Gasteiger partial charge in [-0.05, 0) is 46.7 Å². The number of nitriles is 1. The average Bonchev–Trinajstić information content (AvgIpc) is 2.60. The molecule has 6 heteroatoms. The van der Waals surface area contributed by atoms with Crippen molar-refractivity contribution in [1.82, 2.24) is 0 Å². The van der Waals surface area contributed by atoms with E-state index in [1.54, 1.807) is 30.3 Å². The Hall–Kier alpha value is -3.72. The summed E-state index contributed by atoms with van der Waals surface area (Å²) in [5.41, 5.74) is 12.2. The quantitative estimate of drug-likeness (QED) is 0.556. The number of fused-ring (bicyclic) bond motifs is 1. The van der Waals surface area contributed by atoms with E-state index in [1.165, 1.54) is 18.2 Å². The van der Waals surface area contributed by atoms with Crippen molar-refractivity contribution in [2.75, 3.05) is 0 Å². The number of hydrogen-bond acceptors (Lipinski definition) is 2. The van der Waals surface area contributed by atoms with Crippen LogP contribution in [0.3, 0.4) is 0 Å². The Bertz CT molecular complexity index is 1060. The molecule has 3 aromatic rings. The first-order chi connectivity index (χ1) is 12.0. The lowest BCUT2D eigenvalue weighted by Crippen LogP contribution is -2.24. The molecule has 0 saturated carbocycles. The number of rotatable bonds is 2. The second-order valence-corrected chi connectivity index (χ2v) is 5.39. The molecule has 25 heavy (non-hydrogen) atoms. The van der Waals surface area contributed by atoms with Crippen LogP contribution in [0.15, 0.2) is 59.6 Å². The van der Waals surface area contributed by atoms with E-state index in [-0.39, 0.29) is 5.96 Å². The standard InChI is InChI=1S/C19H13FN4O/c20-14-7-6-13(10-21)17(9-14)15-3-1-2-11-4-5-12(8-16(11)15)18(25)24-19(22)23/h1-9H,(H4,22,23,24,25). The number of halogens is 1. The fourth-order valence-corrected chi connectivity index (χ4v) is 2.66. The van der Waals surface area contributed by atoms with Gasteiger partial charge in [-0.15, -0.1) is 0 Å². The van der Waals surface area contributed by atoms with E-state index < -0.39 is 11.7 Å². The highest BCUT2D eigenvalue weighted by molar-refractivity contribution is 6.06. The van der Waals surface area contributed by atoms with Crippen LogP contribution in [-0.2, 0) is 0 Å². The SMILES string of the molecule is N#Cc1ccc(F)cc1-c1cccc2ccc(C(=O)N=C(N)N)cc12. The molecule has 0 atom stereocenters. The molecule has 3 rings (SSSR count). The number of guanidine groups is 1. The third-order valence-electron chi connectivity index (χ3n) is 3.75. The lowest BCUT2D eigenvalue weighted by molar-refractivity contribution is 0.100. The second kappa shape index (κ2) is 6.42. The number of nitrogens with zero attached hydrogens (tertiary/aromatic N) is 2. The summed E-state index contributed by atoms with van der Waals surface area (Å²) in [6.45, 7) is 0. The van der Waals surface area contributed by atoms with Crippen molar-refractivity contribution in [2.24, 2.45) is 16.5 Å². The predicted molar refractivity (Wildman–Crippen MR) is 94.2 cm³/mol. The topological polar surface area (TPSA) is 105 Å². The smallest absolute Gasteiger partial charge is 0.280 e. The van der Waals surface area contributed by atoms with Gasteiger partial charge in [-0.3, -0.25) is 4.79 Å². The Balaban J connectivity index is 2.27. The molecule has 3 aromatic carbocycles. The lowest BCUT2D eigenvalue weighted by atomic mass is 9.94. The zero-order valence-corrected chi connectivity index (χ0v) is 13.0. The van der Waals surface area contributed by atoms with Crippen molar-refractivity contribution in [3.63, 3.8) is 0 Å². The first-order valence-corrected chi connectivity index (χ1v) is 7.36. The summed E-state index contributed by atoms with van der Waals surface area (Å²) in [4.78, 5) is 15.6.